The van der Waals surface area contributed by atoms with Gasteiger partial charge in [-0.1, -0.05) is 32.0 Å². The van der Waals surface area contributed by atoms with Crippen molar-refractivity contribution >= 4 is 11.9 Å². The molecular formula is C28H36O8. The lowest BCUT2D eigenvalue weighted by atomic mass is 9.23. The number of aromatic carboxylic acids is 1. The van der Waals surface area contributed by atoms with E-state index in [1.165, 1.54) is 6.92 Å². The molecule has 1 spiro atoms. The maximum atomic E-state index is 11.9. The molecular weight excluding hydrogens is 464 g/mol. The van der Waals surface area contributed by atoms with Crippen molar-refractivity contribution < 1.29 is 39.5 Å². The molecule has 8 heteroatoms. The topological polar surface area (TPSA) is 134 Å². The predicted molar refractivity (Wildman–Crippen MR) is 129 cm³/mol. The quantitative estimate of drug-likeness (QED) is 0.360. The van der Waals surface area contributed by atoms with E-state index < -0.39 is 41.8 Å². The van der Waals surface area contributed by atoms with Crippen LogP contribution in [0.3, 0.4) is 0 Å². The summed E-state index contributed by atoms with van der Waals surface area (Å²) in [4.78, 5) is 22.1. The van der Waals surface area contributed by atoms with Crippen molar-refractivity contribution in [3.05, 3.63) is 47.0 Å². The molecule has 1 saturated heterocycles. The van der Waals surface area contributed by atoms with Crippen molar-refractivity contribution in [3.63, 3.8) is 0 Å². The van der Waals surface area contributed by atoms with Crippen LogP contribution in [0.2, 0.25) is 0 Å². The first-order valence-electron chi connectivity index (χ1n) is 12.7. The molecule has 0 radical (unpaired) electrons. The van der Waals surface area contributed by atoms with Gasteiger partial charge in [0.1, 0.15) is 6.10 Å². The molecule has 6 rings (SSSR count). The first-order valence-corrected chi connectivity index (χ1v) is 12.7. The highest BCUT2D eigenvalue weighted by molar-refractivity contribution is 5.87. The summed E-state index contributed by atoms with van der Waals surface area (Å²) in [6.07, 6.45) is -1.06. The van der Waals surface area contributed by atoms with Gasteiger partial charge in [-0.25, -0.2) is 4.79 Å². The van der Waals surface area contributed by atoms with Gasteiger partial charge < -0.3 is 29.9 Å². The van der Waals surface area contributed by atoms with Gasteiger partial charge in [0.2, 0.25) is 0 Å². The zero-order chi connectivity index (χ0) is 26.2. The van der Waals surface area contributed by atoms with E-state index in [9.17, 15) is 24.9 Å². The Morgan fingerprint density at radius 2 is 1.75 bits per heavy atom. The van der Waals surface area contributed by atoms with Crippen molar-refractivity contribution in [2.45, 2.75) is 77.5 Å². The molecule has 5 aliphatic rings. The van der Waals surface area contributed by atoms with E-state index in [0.29, 0.717) is 25.0 Å². The number of carboxylic acid groups (broad SMARTS) is 1. The summed E-state index contributed by atoms with van der Waals surface area (Å²) in [6, 6.07) is 8.30. The van der Waals surface area contributed by atoms with Crippen LogP contribution in [0.25, 0.3) is 0 Å². The van der Waals surface area contributed by atoms with Crippen molar-refractivity contribution in [2.75, 3.05) is 6.61 Å². The standard InChI is InChI=1S/C21H30O6.C7H6O2/c1-9-13(23)5-11-7-21-12-8-26-14(12)6-15(24)20(21,4)18(25)17(27-10(2)22)16(9)19(11,21)3;8-7(9)6-4-2-1-3-5-6/h11-15,17-18,23-25H,5-8H2,1-4H3;1-5H,(H,8,9)/t11?,12-,13+,14-,15+,17-,18-,19-,20+,21?;/m1./s1. The van der Waals surface area contributed by atoms with Gasteiger partial charge in [0.15, 0.2) is 6.10 Å². The monoisotopic (exact) mass is 500 g/mol. The van der Waals surface area contributed by atoms with Gasteiger partial charge in [0.05, 0.1) is 30.5 Å². The molecule has 196 valence electrons. The summed E-state index contributed by atoms with van der Waals surface area (Å²) in [5.74, 6) is -0.804. The molecule has 3 saturated carbocycles. The third-order valence-electron chi connectivity index (χ3n) is 10.5. The molecule has 2 unspecified atom stereocenters. The lowest BCUT2D eigenvalue weighted by Crippen LogP contribution is -2.84. The number of esters is 1. The van der Waals surface area contributed by atoms with Crippen LogP contribution in [0, 0.1) is 28.1 Å². The minimum absolute atomic E-state index is 0.0248. The van der Waals surface area contributed by atoms with Gasteiger partial charge in [-0.2, -0.15) is 0 Å². The number of aliphatic hydroxyl groups excluding tert-OH is 3. The number of carbonyl (C=O) groups is 2. The molecule has 1 heterocycles. The summed E-state index contributed by atoms with van der Waals surface area (Å²) in [6.45, 7) is 8.08. The Balaban J connectivity index is 0.000000252. The normalized spacial score (nSPS) is 45.9. The molecule has 1 aliphatic heterocycles. The van der Waals surface area contributed by atoms with Crippen LogP contribution in [0.15, 0.2) is 41.5 Å². The van der Waals surface area contributed by atoms with Crippen LogP contribution in [0.1, 0.15) is 57.3 Å². The molecule has 36 heavy (non-hydrogen) atoms. The SMILES string of the molecule is CC(=O)O[C@@H]1C2=C(C)[C@@H](O)CC3CC4([C@@H]5CO[C@@H]5C[C@H](O)[C@@]4(C)[C@@H]1O)[C@@]23C.O=C(O)c1ccccc1. The highest BCUT2D eigenvalue weighted by Gasteiger charge is 2.84. The lowest BCUT2D eigenvalue weighted by Gasteiger charge is -2.82. The maximum absolute atomic E-state index is 11.9. The summed E-state index contributed by atoms with van der Waals surface area (Å²) in [5, 5.41) is 41.7. The van der Waals surface area contributed by atoms with Crippen LogP contribution in [0.5, 0.6) is 0 Å². The average molecular weight is 501 g/mol. The zero-order valence-corrected chi connectivity index (χ0v) is 21.2. The Labute approximate surface area is 210 Å². The molecule has 0 aromatic heterocycles. The van der Waals surface area contributed by atoms with E-state index >= 15 is 0 Å². The summed E-state index contributed by atoms with van der Waals surface area (Å²) in [5.41, 5.74) is 0.623. The highest BCUT2D eigenvalue weighted by Crippen LogP contribution is 2.83. The van der Waals surface area contributed by atoms with Crippen molar-refractivity contribution in [2.24, 2.45) is 28.1 Å². The minimum Gasteiger partial charge on any atom is -0.478 e. The van der Waals surface area contributed by atoms with Gasteiger partial charge in [-0.05, 0) is 54.4 Å². The number of hydrogen-bond donors (Lipinski definition) is 4. The van der Waals surface area contributed by atoms with Crippen LogP contribution < -0.4 is 0 Å². The number of hydrogen-bond acceptors (Lipinski definition) is 7. The highest BCUT2D eigenvalue weighted by atomic mass is 16.6. The van der Waals surface area contributed by atoms with Crippen LogP contribution in [-0.4, -0.2) is 69.5 Å². The van der Waals surface area contributed by atoms with E-state index in [1.54, 1.807) is 30.3 Å². The molecule has 4 fully saturated rings. The summed E-state index contributed by atoms with van der Waals surface area (Å²) in [7, 11) is 0. The Bertz CT molecular complexity index is 1100. The van der Waals surface area contributed by atoms with E-state index in [-0.39, 0.29) is 28.8 Å². The second-order valence-corrected chi connectivity index (χ2v) is 11.6. The molecule has 0 bridgehead atoms. The number of aliphatic hydroxyl groups is 3. The fraction of sp³-hybridized carbons (Fsp3) is 0.643. The Morgan fingerprint density at radius 3 is 2.28 bits per heavy atom. The van der Waals surface area contributed by atoms with Crippen LogP contribution in [-0.2, 0) is 14.3 Å². The van der Waals surface area contributed by atoms with Crippen LogP contribution in [0.4, 0.5) is 0 Å². The third-order valence-corrected chi connectivity index (χ3v) is 10.5. The second kappa shape index (κ2) is 8.38. The first-order chi connectivity index (χ1) is 16.9. The number of rotatable bonds is 2. The van der Waals surface area contributed by atoms with Gasteiger partial charge in [-0.15, -0.1) is 0 Å². The Morgan fingerprint density at radius 1 is 1.08 bits per heavy atom. The molecule has 8 nitrogen and oxygen atoms in total. The van der Waals surface area contributed by atoms with Crippen molar-refractivity contribution in [1.29, 1.82) is 0 Å². The predicted octanol–water partition coefficient (Wildman–Crippen LogP) is 2.56. The number of ether oxygens (including phenoxy) is 2. The van der Waals surface area contributed by atoms with Gasteiger partial charge in [0.25, 0.3) is 0 Å². The number of carbonyl (C=O) groups excluding carboxylic acids is 1. The van der Waals surface area contributed by atoms with Gasteiger partial charge in [0, 0.05) is 30.1 Å². The van der Waals surface area contributed by atoms with Crippen molar-refractivity contribution in [1.82, 2.24) is 0 Å². The van der Waals surface area contributed by atoms with E-state index in [1.807, 2.05) is 13.8 Å². The molecule has 4 N–H and O–H groups in total. The van der Waals surface area contributed by atoms with Gasteiger partial charge in [-0.3, -0.25) is 4.79 Å². The first kappa shape index (κ1) is 25.4. The Kier molecular flexibility index (Phi) is 5.91. The van der Waals surface area contributed by atoms with E-state index in [2.05, 4.69) is 6.92 Å². The number of fused-ring (bicyclic) bond motifs is 1. The van der Waals surface area contributed by atoms with E-state index in [4.69, 9.17) is 14.6 Å². The van der Waals surface area contributed by atoms with E-state index in [0.717, 1.165) is 17.6 Å². The largest absolute Gasteiger partial charge is 0.478 e. The third kappa shape index (κ3) is 3.01. The zero-order valence-electron chi connectivity index (χ0n) is 21.2. The fourth-order valence-electron chi connectivity index (χ4n) is 8.69. The molecule has 4 aliphatic carbocycles. The molecule has 10 atom stereocenters. The molecule has 1 aromatic rings. The average Bonchev–Trinajstić information content (AvgIpc) is 2.82. The molecule has 1 aromatic carbocycles. The summed E-state index contributed by atoms with van der Waals surface area (Å²) < 4.78 is 11.5. The Hall–Kier alpha value is -2.26. The van der Waals surface area contributed by atoms with Gasteiger partial charge >= 0.3 is 11.9 Å². The van der Waals surface area contributed by atoms with Crippen molar-refractivity contribution in [3.8, 4) is 0 Å². The maximum Gasteiger partial charge on any atom is 0.335 e. The lowest BCUT2D eigenvalue weighted by molar-refractivity contribution is -0.385. The van der Waals surface area contributed by atoms with Crippen LogP contribution >= 0.6 is 0 Å². The minimum atomic E-state index is -1.01. The summed E-state index contributed by atoms with van der Waals surface area (Å²) >= 11 is 0. The smallest absolute Gasteiger partial charge is 0.335 e. The number of benzene rings is 1. The molecule has 0 amide bonds. The number of carboxylic acids is 1. The second-order valence-electron chi connectivity index (χ2n) is 11.6. The fourth-order valence-corrected chi connectivity index (χ4v) is 8.69.